The van der Waals surface area contributed by atoms with E-state index in [0.717, 1.165) is 36.9 Å². The fourth-order valence-electron chi connectivity index (χ4n) is 3.01. The summed E-state index contributed by atoms with van der Waals surface area (Å²) in [6.07, 6.45) is 4.29. The van der Waals surface area contributed by atoms with Crippen molar-refractivity contribution >= 4 is 5.96 Å². The van der Waals surface area contributed by atoms with E-state index in [4.69, 9.17) is 14.5 Å². The molecule has 0 spiro atoms. The molecule has 6 heteroatoms. The SMILES string of the molecule is CCNC(=NCc1ccc(Oc2ccccc2OCC)nc1)N1CCCC1. The van der Waals surface area contributed by atoms with Gasteiger partial charge in [-0.15, -0.1) is 0 Å². The van der Waals surface area contributed by atoms with Crippen molar-refractivity contribution in [3.63, 3.8) is 0 Å². The molecular weight excluding hydrogens is 340 g/mol. The number of benzene rings is 1. The number of pyridine rings is 1. The zero-order valence-electron chi connectivity index (χ0n) is 16.1. The highest BCUT2D eigenvalue weighted by molar-refractivity contribution is 5.80. The summed E-state index contributed by atoms with van der Waals surface area (Å²) < 4.78 is 11.5. The van der Waals surface area contributed by atoms with Gasteiger partial charge in [-0.3, -0.25) is 0 Å². The molecule has 1 aromatic carbocycles. The molecule has 0 unspecified atom stereocenters. The van der Waals surface area contributed by atoms with Gasteiger partial charge in [-0.2, -0.15) is 0 Å². The van der Waals surface area contributed by atoms with E-state index in [1.54, 1.807) is 0 Å². The monoisotopic (exact) mass is 368 g/mol. The minimum Gasteiger partial charge on any atom is -0.490 e. The standard InChI is InChI=1S/C21H28N4O2/c1-3-22-21(25-13-7-8-14-25)24-16-17-11-12-20(23-15-17)27-19-10-6-5-9-18(19)26-4-2/h5-6,9-12,15H,3-4,7-8,13-14,16H2,1-2H3,(H,22,24). The quantitative estimate of drug-likeness (QED) is 0.594. The third-order valence-electron chi connectivity index (χ3n) is 4.31. The average Bonchev–Trinajstić information content (AvgIpc) is 3.23. The number of aromatic nitrogens is 1. The second kappa shape index (κ2) is 9.80. The lowest BCUT2D eigenvalue weighted by molar-refractivity contribution is 0.319. The number of guanidine groups is 1. The van der Waals surface area contributed by atoms with E-state index in [1.807, 2.05) is 49.5 Å². The fraction of sp³-hybridized carbons (Fsp3) is 0.429. The Morgan fingerprint density at radius 3 is 2.56 bits per heavy atom. The largest absolute Gasteiger partial charge is 0.490 e. The maximum Gasteiger partial charge on any atom is 0.219 e. The molecule has 1 saturated heterocycles. The molecular formula is C21H28N4O2. The van der Waals surface area contributed by atoms with Crippen LogP contribution in [0.1, 0.15) is 32.3 Å². The number of likely N-dealkylation sites (tertiary alicyclic amines) is 1. The molecule has 0 atom stereocenters. The van der Waals surface area contributed by atoms with Crippen molar-refractivity contribution in [2.75, 3.05) is 26.2 Å². The molecule has 2 heterocycles. The Kier molecular flexibility index (Phi) is 6.90. The van der Waals surface area contributed by atoms with Gasteiger partial charge in [0.2, 0.25) is 5.88 Å². The van der Waals surface area contributed by atoms with Crippen LogP contribution in [0.2, 0.25) is 0 Å². The van der Waals surface area contributed by atoms with Gasteiger partial charge in [-0.05, 0) is 44.4 Å². The van der Waals surface area contributed by atoms with Crippen molar-refractivity contribution in [1.29, 1.82) is 0 Å². The van der Waals surface area contributed by atoms with E-state index in [2.05, 4.69) is 22.1 Å². The van der Waals surface area contributed by atoms with Gasteiger partial charge >= 0.3 is 0 Å². The average molecular weight is 368 g/mol. The first-order chi connectivity index (χ1) is 13.3. The summed E-state index contributed by atoms with van der Waals surface area (Å²) in [5.74, 6) is 2.92. The Labute approximate surface area is 161 Å². The van der Waals surface area contributed by atoms with Gasteiger partial charge in [0.05, 0.1) is 13.2 Å². The number of hydrogen-bond donors (Lipinski definition) is 1. The number of rotatable bonds is 7. The molecule has 1 aromatic heterocycles. The molecule has 1 aliphatic heterocycles. The van der Waals surface area contributed by atoms with Gasteiger partial charge in [0.15, 0.2) is 17.5 Å². The number of hydrogen-bond acceptors (Lipinski definition) is 4. The van der Waals surface area contributed by atoms with Gasteiger partial charge < -0.3 is 19.7 Å². The van der Waals surface area contributed by atoms with Crippen molar-refractivity contribution in [2.24, 2.45) is 4.99 Å². The van der Waals surface area contributed by atoms with Crippen LogP contribution in [0.4, 0.5) is 0 Å². The third kappa shape index (κ3) is 5.36. The first kappa shape index (κ1) is 19.0. The van der Waals surface area contributed by atoms with Crippen LogP contribution in [-0.4, -0.2) is 42.1 Å². The summed E-state index contributed by atoms with van der Waals surface area (Å²) >= 11 is 0. The van der Waals surface area contributed by atoms with Crippen LogP contribution in [-0.2, 0) is 6.54 Å². The highest BCUT2D eigenvalue weighted by Crippen LogP contribution is 2.30. The first-order valence-corrected chi connectivity index (χ1v) is 9.68. The van der Waals surface area contributed by atoms with Crippen molar-refractivity contribution in [2.45, 2.75) is 33.2 Å². The molecule has 0 aliphatic carbocycles. The lowest BCUT2D eigenvalue weighted by Gasteiger charge is -2.20. The minimum absolute atomic E-state index is 0.543. The smallest absolute Gasteiger partial charge is 0.219 e. The molecule has 144 valence electrons. The first-order valence-electron chi connectivity index (χ1n) is 9.68. The van der Waals surface area contributed by atoms with Crippen molar-refractivity contribution in [3.8, 4) is 17.4 Å². The topological polar surface area (TPSA) is 59.0 Å². The van der Waals surface area contributed by atoms with Gasteiger partial charge in [-0.25, -0.2) is 9.98 Å². The predicted octanol–water partition coefficient (Wildman–Crippen LogP) is 3.83. The molecule has 0 radical (unpaired) electrons. The van der Waals surface area contributed by atoms with Gasteiger partial charge in [0.1, 0.15) is 0 Å². The Morgan fingerprint density at radius 1 is 1.11 bits per heavy atom. The summed E-state index contributed by atoms with van der Waals surface area (Å²) in [6, 6.07) is 11.5. The van der Waals surface area contributed by atoms with Crippen LogP contribution in [0, 0.1) is 0 Å². The number of nitrogens with one attached hydrogen (secondary N) is 1. The summed E-state index contributed by atoms with van der Waals surface area (Å²) in [6.45, 7) is 8.27. The zero-order valence-corrected chi connectivity index (χ0v) is 16.1. The molecule has 1 N–H and O–H groups in total. The number of aliphatic imine (C=N–C) groups is 1. The zero-order chi connectivity index (χ0) is 18.9. The molecule has 27 heavy (non-hydrogen) atoms. The Morgan fingerprint density at radius 2 is 1.89 bits per heavy atom. The number of ether oxygens (including phenoxy) is 2. The van der Waals surface area contributed by atoms with Crippen LogP contribution in [0.15, 0.2) is 47.6 Å². The van der Waals surface area contributed by atoms with E-state index in [-0.39, 0.29) is 0 Å². The van der Waals surface area contributed by atoms with E-state index in [1.165, 1.54) is 12.8 Å². The maximum absolute atomic E-state index is 5.87. The molecule has 3 rings (SSSR count). The number of nitrogens with zero attached hydrogens (tertiary/aromatic N) is 3. The lowest BCUT2D eigenvalue weighted by atomic mass is 10.3. The van der Waals surface area contributed by atoms with Crippen LogP contribution in [0.3, 0.4) is 0 Å². The third-order valence-corrected chi connectivity index (χ3v) is 4.31. The van der Waals surface area contributed by atoms with Crippen molar-refractivity contribution in [1.82, 2.24) is 15.2 Å². The van der Waals surface area contributed by atoms with Gasteiger partial charge in [0.25, 0.3) is 0 Å². The summed E-state index contributed by atoms with van der Waals surface area (Å²) in [4.78, 5) is 11.5. The molecule has 0 amide bonds. The second-order valence-electron chi connectivity index (χ2n) is 6.35. The van der Waals surface area contributed by atoms with Crippen LogP contribution >= 0.6 is 0 Å². The van der Waals surface area contributed by atoms with Crippen molar-refractivity contribution < 1.29 is 9.47 Å². The van der Waals surface area contributed by atoms with Crippen LogP contribution < -0.4 is 14.8 Å². The van der Waals surface area contributed by atoms with Gasteiger partial charge in [0, 0.05) is 31.9 Å². The summed E-state index contributed by atoms with van der Waals surface area (Å²) in [7, 11) is 0. The van der Waals surface area contributed by atoms with E-state index in [0.29, 0.717) is 24.8 Å². The van der Waals surface area contributed by atoms with Crippen LogP contribution in [0.5, 0.6) is 17.4 Å². The van der Waals surface area contributed by atoms with Gasteiger partial charge in [-0.1, -0.05) is 18.2 Å². The Balaban J connectivity index is 1.64. The summed E-state index contributed by atoms with van der Waals surface area (Å²) in [5.41, 5.74) is 1.05. The maximum atomic E-state index is 5.87. The molecule has 0 saturated carbocycles. The molecule has 6 nitrogen and oxygen atoms in total. The normalized spacial score (nSPS) is 14.3. The van der Waals surface area contributed by atoms with E-state index >= 15 is 0 Å². The van der Waals surface area contributed by atoms with E-state index in [9.17, 15) is 0 Å². The molecule has 1 aliphatic rings. The fourth-order valence-corrected chi connectivity index (χ4v) is 3.01. The summed E-state index contributed by atoms with van der Waals surface area (Å²) in [5, 5.41) is 3.37. The van der Waals surface area contributed by atoms with Crippen molar-refractivity contribution in [3.05, 3.63) is 48.2 Å². The Bertz CT molecular complexity index is 740. The lowest BCUT2D eigenvalue weighted by Crippen LogP contribution is -2.39. The second-order valence-corrected chi connectivity index (χ2v) is 6.35. The predicted molar refractivity (Wildman–Crippen MR) is 108 cm³/mol. The number of para-hydroxylation sites is 2. The highest BCUT2D eigenvalue weighted by atomic mass is 16.5. The molecule has 0 bridgehead atoms. The highest BCUT2D eigenvalue weighted by Gasteiger charge is 2.15. The molecule has 2 aromatic rings. The van der Waals surface area contributed by atoms with Crippen LogP contribution in [0.25, 0.3) is 0 Å². The Hall–Kier alpha value is -2.76. The van der Waals surface area contributed by atoms with E-state index < -0.39 is 0 Å². The molecule has 1 fully saturated rings. The minimum atomic E-state index is 0.543.